The third-order valence-electron chi connectivity index (χ3n) is 4.91. The van der Waals surface area contributed by atoms with Gasteiger partial charge in [-0.25, -0.2) is 0 Å². The predicted molar refractivity (Wildman–Crippen MR) is 76.9 cm³/mol. The van der Waals surface area contributed by atoms with Gasteiger partial charge in [0.1, 0.15) is 5.69 Å². The van der Waals surface area contributed by atoms with Crippen LogP contribution in [0.2, 0.25) is 0 Å². The molecule has 0 N–H and O–H groups in total. The molecular formula is C15H20N2O3. The average molecular weight is 276 g/mol. The van der Waals surface area contributed by atoms with Crippen molar-refractivity contribution in [3.05, 3.63) is 34.4 Å². The average Bonchev–Trinajstić information content (AvgIpc) is 2.84. The predicted octanol–water partition coefficient (Wildman–Crippen LogP) is 2.84. The van der Waals surface area contributed by atoms with Crippen molar-refractivity contribution in [2.45, 2.75) is 32.4 Å². The molecule has 1 aromatic rings. The van der Waals surface area contributed by atoms with Crippen LogP contribution < -0.4 is 4.90 Å². The van der Waals surface area contributed by atoms with Gasteiger partial charge in [-0.05, 0) is 12.5 Å². The Morgan fingerprint density at radius 1 is 1.40 bits per heavy atom. The Balaban J connectivity index is 1.94. The van der Waals surface area contributed by atoms with E-state index in [2.05, 4.69) is 18.7 Å². The summed E-state index contributed by atoms with van der Waals surface area (Å²) in [4.78, 5) is 13.0. The number of nitrogens with zero attached hydrogens (tertiary/aromatic N) is 2. The van der Waals surface area contributed by atoms with E-state index >= 15 is 0 Å². The molecule has 5 nitrogen and oxygen atoms in total. The first-order valence-corrected chi connectivity index (χ1v) is 7.02. The summed E-state index contributed by atoms with van der Waals surface area (Å²) in [6.45, 7) is 5.19. The van der Waals surface area contributed by atoms with Gasteiger partial charge >= 0.3 is 0 Å². The lowest BCUT2D eigenvalue weighted by Gasteiger charge is -2.58. The molecule has 0 radical (unpaired) electrons. The van der Waals surface area contributed by atoms with E-state index in [1.807, 2.05) is 19.2 Å². The number of nitro groups is 1. The Kier molecular flexibility index (Phi) is 2.97. The normalized spacial score (nSPS) is 30.4. The molecule has 3 unspecified atom stereocenters. The summed E-state index contributed by atoms with van der Waals surface area (Å²) in [5.74, 6) is 0.481. The summed E-state index contributed by atoms with van der Waals surface area (Å²) in [5, 5.41) is 11.2. The SMILES string of the molecule is CN(c1ccccc1[N+](=O)[O-])C1C2CCOC2C1(C)C. The number of benzene rings is 1. The summed E-state index contributed by atoms with van der Waals surface area (Å²) < 4.78 is 5.80. The molecule has 108 valence electrons. The van der Waals surface area contributed by atoms with Crippen LogP contribution in [0.4, 0.5) is 11.4 Å². The first-order valence-electron chi connectivity index (χ1n) is 7.02. The van der Waals surface area contributed by atoms with Gasteiger partial charge in [-0.15, -0.1) is 0 Å². The quantitative estimate of drug-likeness (QED) is 0.629. The molecule has 1 saturated carbocycles. The van der Waals surface area contributed by atoms with Gasteiger partial charge < -0.3 is 9.64 Å². The molecule has 1 heterocycles. The minimum atomic E-state index is -0.305. The molecule has 1 aliphatic carbocycles. The summed E-state index contributed by atoms with van der Waals surface area (Å²) in [6.07, 6.45) is 1.33. The minimum absolute atomic E-state index is 0.0274. The molecule has 3 atom stereocenters. The van der Waals surface area contributed by atoms with Crippen LogP contribution in [0.5, 0.6) is 0 Å². The van der Waals surface area contributed by atoms with Crippen LogP contribution in [0.15, 0.2) is 24.3 Å². The lowest BCUT2D eigenvalue weighted by molar-refractivity contribution is -0.384. The van der Waals surface area contributed by atoms with Crippen molar-refractivity contribution >= 4 is 11.4 Å². The summed E-state index contributed by atoms with van der Waals surface area (Å²) in [6, 6.07) is 7.25. The third kappa shape index (κ3) is 1.73. The number of nitro benzene ring substituents is 1. The second-order valence-electron chi connectivity index (χ2n) is 6.37. The molecule has 0 bridgehead atoms. The molecule has 0 spiro atoms. The monoisotopic (exact) mass is 276 g/mol. The van der Waals surface area contributed by atoms with Crippen molar-refractivity contribution in [3.63, 3.8) is 0 Å². The number of rotatable bonds is 3. The Morgan fingerprint density at radius 3 is 2.80 bits per heavy atom. The van der Waals surface area contributed by atoms with E-state index < -0.39 is 0 Å². The van der Waals surface area contributed by atoms with Gasteiger partial charge in [-0.3, -0.25) is 10.1 Å². The fraction of sp³-hybridized carbons (Fsp3) is 0.600. The van der Waals surface area contributed by atoms with Crippen molar-refractivity contribution in [1.29, 1.82) is 0 Å². The number of fused-ring (bicyclic) bond motifs is 1. The molecule has 0 amide bonds. The minimum Gasteiger partial charge on any atom is -0.377 e. The summed E-state index contributed by atoms with van der Waals surface area (Å²) >= 11 is 0. The second-order valence-corrected chi connectivity index (χ2v) is 6.37. The fourth-order valence-electron chi connectivity index (χ4n) is 4.15. The molecule has 1 aliphatic heterocycles. The van der Waals surface area contributed by atoms with Gasteiger partial charge in [0.15, 0.2) is 0 Å². The molecule has 0 aromatic heterocycles. The van der Waals surface area contributed by atoms with Crippen LogP contribution in [0, 0.1) is 21.4 Å². The van der Waals surface area contributed by atoms with Gasteiger partial charge in [0.25, 0.3) is 5.69 Å². The molecular weight excluding hydrogens is 256 g/mol. The topological polar surface area (TPSA) is 55.6 Å². The van der Waals surface area contributed by atoms with Crippen molar-refractivity contribution in [3.8, 4) is 0 Å². The van der Waals surface area contributed by atoms with E-state index in [4.69, 9.17) is 4.74 Å². The second kappa shape index (κ2) is 4.45. The number of hydrogen-bond acceptors (Lipinski definition) is 4. The highest BCUT2D eigenvalue weighted by atomic mass is 16.6. The Morgan fingerprint density at radius 2 is 2.10 bits per heavy atom. The van der Waals surface area contributed by atoms with Gasteiger partial charge in [0.2, 0.25) is 0 Å². The van der Waals surface area contributed by atoms with Crippen LogP contribution >= 0.6 is 0 Å². The lowest BCUT2D eigenvalue weighted by atomic mass is 9.56. The summed E-state index contributed by atoms with van der Waals surface area (Å²) in [5.41, 5.74) is 0.897. The van der Waals surface area contributed by atoms with Crippen molar-refractivity contribution < 1.29 is 9.66 Å². The number of para-hydroxylation sites is 2. The maximum absolute atomic E-state index is 11.2. The zero-order valence-electron chi connectivity index (χ0n) is 12.1. The van der Waals surface area contributed by atoms with Crippen LogP contribution in [-0.2, 0) is 4.74 Å². The fourth-order valence-corrected chi connectivity index (χ4v) is 4.15. The Labute approximate surface area is 118 Å². The van der Waals surface area contributed by atoms with Crippen molar-refractivity contribution in [2.24, 2.45) is 11.3 Å². The van der Waals surface area contributed by atoms with Gasteiger partial charge in [-0.1, -0.05) is 26.0 Å². The van der Waals surface area contributed by atoms with Crippen LogP contribution in [0.3, 0.4) is 0 Å². The molecule has 1 aromatic carbocycles. The van der Waals surface area contributed by atoms with Crippen molar-refractivity contribution in [2.75, 3.05) is 18.6 Å². The molecule has 2 fully saturated rings. The van der Waals surface area contributed by atoms with E-state index in [1.165, 1.54) is 0 Å². The van der Waals surface area contributed by atoms with Crippen LogP contribution in [0.25, 0.3) is 0 Å². The number of ether oxygens (including phenoxy) is 1. The lowest BCUT2D eigenvalue weighted by Crippen LogP contribution is -2.66. The molecule has 2 aliphatic rings. The van der Waals surface area contributed by atoms with Crippen molar-refractivity contribution in [1.82, 2.24) is 0 Å². The highest BCUT2D eigenvalue weighted by Gasteiger charge is 2.61. The summed E-state index contributed by atoms with van der Waals surface area (Å²) in [7, 11) is 1.96. The largest absolute Gasteiger partial charge is 0.377 e. The van der Waals surface area contributed by atoms with Gasteiger partial charge in [0.05, 0.1) is 11.0 Å². The number of anilines is 1. The van der Waals surface area contributed by atoms with E-state index in [1.54, 1.807) is 12.1 Å². The smallest absolute Gasteiger partial charge is 0.292 e. The zero-order valence-corrected chi connectivity index (χ0v) is 12.1. The van der Waals surface area contributed by atoms with E-state index in [9.17, 15) is 10.1 Å². The molecule has 5 heteroatoms. The van der Waals surface area contributed by atoms with Gasteiger partial charge in [0, 0.05) is 37.1 Å². The first-order chi connectivity index (χ1) is 9.44. The Bertz CT molecular complexity index is 544. The van der Waals surface area contributed by atoms with Crippen LogP contribution in [0.1, 0.15) is 20.3 Å². The number of hydrogen-bond donors (Lipinski definition) is 0. The molecule has 20 heavy (non-hydrogen) atoms. The zero-order chi connectivity index (χ0) is 14.5. The van der Waals surface area contributed by atoms with E-state index in [0.717, 1.165) is 13.0 Å². The van der Waals surface area contributed by atoms with Crippen LogP contribution in [-0.4, -0.2) is 30.7 Å². The maximum atomic E-state index is 11.2. The maximum Gasteiger partial charge on any atom is 0.292 e. The molecule has 1 saturated heterocycles. The highest BCUT2D eigenvalue weighted by Crippen LogP contribution is 2.55. The standard InChI is InChI=1S/C15H20N2O3/c1-15(2)13(10-8-9-20-14(10)15)16(3)11-6-4-5-7-12(11)17(18)19/h4-7,10,13-14H,8-9H2,1-3H3. The van der Waals surface area contributed by atoms with E-state index in [0.29, 0.717) is 11.6 Å². The third-order valence-corrected chi connectivity index (χ3v) is 4.91. The van der Waals surface area contributed by atoms with E-state index in [-0.39, 0.29) is 28.2 Å². The molecule has 3 rings (SSSR count). The highest BCUT2D eigenvalue weighted by molar-refractivity contribution is 5.64. The Hall–Kier alpha value is -1.62. The first kappa shape index (κ1) is 13.4. The van der Waals surface area contributed by atoms with Gasteiger partial charge in [-0.2, -0.15) is 0 Å².